The summed E-state index contributed by atoms with van der Waals surface area (Å²) in [6, 6.07) is 0. The van der Waals surface area contributed by atoms with Crippen LogP contribution in [0.2, 0.25) is 0 Å². The molecule has 2 saturated heterocycles. The molecule has 0 aromatic heterocycles. The van der Waals surface area contributed by atoms with Crippen molar-refractivity contribution in [3.63, 3.8) is 0 Å². The molecule has 58 valence electrons. The molecule has 2 atom stereocenters. The predicted molar refractivity (Wildman–Crippen MR) is 44.8 cm³/mol. The molecule has 0 aromatic rings. The van der Waals surface area contributed by atoms with Crippen LogP contribution < -0.4 is 0 Å². The lowest BCUT2D eigenvalue weighted by Gasteiger charge is -2.31. The molecule has 0 spiro atoms. The Morgan fingerprint density at radius 3 is 2.10 bits per heavy atom. The van der Waals surface area contributed by atoms with Crippen molar-refractivity contribution in [2.75, 3.05) is 31.5 Å². The Bertz CT molecular complexity index is 106. The normalized spacial score (nSPS) is 40.8. The molecule has 2 rings (SSSR count). The molecule has 2 fully saturated rings. The lowest BCUT2D eigenvalue weighted by Crippen LogP contribution is -2.40. The Morgan fingerprint density at radius 2 is 1.50 bits per heavy atom. The van der Waals surface area contributed by atoms with Gasteiger partial charge >= 0.3 is 0 Å². The number of rotatable bonds is 0. The summed E-state index contributed by atoms with van der Waals surface area (Å²) in [5.41, 5.74) is 0. The fourth-order valence-corrected chi connectivity index (χ4v) is 2.62. The summed E-state index contributed by atoms with van der Waals surface area (Å²) < 4.78 is 0. The molecular weight excluding hydrogens is 144 g/mol. The van der Waals surface area contributed by atoms with Crippen LogP contribution in [-0.4, -0.2) is 41.3 Å². The van der Waals surface area contributed by atoms with E-state index in [1.54, 1.807) is 0 Å². The van der Waals surface area contributed by atoms with E-state index >= 15 is 0 Å². The highest BCUT2D eigenvalue weighted by Gasteiger charge is 2.19. The van der Waals surface area contributed by atoms with Gasteiger partial charge in [-0.05, 0) is 12.8 Å². The molecule has 0 saturated carbocycles. The smallest absolute Gasteiger partial charge is 0.0521 e. The van der Waals surface area contributed by atoms with E-state index in [1.165, 1.54) is 44.4 Å². The summed E-state index contributed by atoms with van der Waals surface area (Å²) in [4.78, 5) is 5.09. The standard InChI is InChI=1S/C7H14N2S/c1-2-4-9-5-8(3-1)6-10-7-9/h1-7H2. The second-order valence-electron chi connectivity index (χ2n) is 3.10. The van der Waals surface area contributed by atoms with Crippen LogP contribution in [0.15, 0.2) is 0 Å². The van der Waals surface area contributed by atoms with Gasteiger partial charge in [0.25, 0.3) is 0 Å². The number of thioether (sulfide) groups is 1. The first kappa shape index (κ1) is 6.95. The van der Waals surface area contributed by atoms with E-state index in [0.29, 0.717) is 0 Å². The van der Waals surface area contributed by atoms with Crippen LogP contribution in [-0.2, 0) is 0 Å². The molecule has 2 bridgehead atoms. The van der Waals surface area contributed by atoms with Gasteiger partial charge in [0.15, 0.2) is 0 Å². The molecule has 10 heavy (non-hydrogen) atoms. The minimum atomic E-state index is 1.23. The van der Waals surface area contributed by atoms with E-state index in [1.807, 2.05) is 0 Å². The largest absolute Gasteiger partial charge is 0.281 e. The Kier molecular flexibility index (Phi) is 2.16. The molecule has 0 aliphatic carbocycles. The molecule has 0 N–H and O–H groups in total. The zero-order chi connectivity index (χ0) is 6.81. The SMILES string of the molecule is C1CCN2CSCN(C1)C2. The molecule has 2 nitrogen and oxygen atoms in total. The first-order valence-electron chi connectivity index (χ1n) is 3.97. The number of nitrogens with zero attached hydrogens (tertiary/aromatic N) is 2. The third-order valence-corrected chi connectivity index (χ3v) is 3.24. The zero-order valence-electron chi connectivity index (χ0n) is 6.25. The summed E-state index contributed by atoms with van der Waals surface area (Å²) in [5.74, 6) is 2.52. The minimum absolute atomic E-state index is 1.23. The average molecular weight is 158 g/mol. The second-order valence-corrected chi connectivity index (χ2v) is 4.02. The van der Waals surface area contributed by atoms with E-state index in [4.69, 9.17) is 0 Å². The third kappa shape index (κ3) is 1.47. The number of hydrogen-bond acceptors (Lipinski definition) is 3. The van der Waals surface area contributed by atoms with Gasteiger partial charge in [-0.15, -0.1) is 11.8 Å². The summed E-state index contributed by atoms with van der Waals surface area (Å²) in [5, 5.41) is 0. The van der Waals surface area contributed by atoms with Crippen molar-refractivity contribution in [1.29, 1.82) is 0 Å². The lowest BCUT2D eigenvalue weighted by molar-refractivity contribution is 0.185. The van der Waals surface area contributed by atoms with Gasteiger partial charge in [-0.2, -0.15) is 0 Å². The van der Waals surface area contributed by atoms with E-state index in [2.05, 4.69) is 21.6 Å². The summed E-state index contributed by atoms with van der Waals surface area (Å²) in [6.45, 7) is 3.88. The summed E-state index contributed by atoms with van der Waals surface area (Å²) in [7, 11) is 0. The number of hydrogen-bond donors (Lipinski definition) is 0. The van der Waals surface area contributed by atoms with Gasteiger partial charge in [-0.25, -0.2) is 0 Å². The maximum absolute atomic E-state index is 2.54. The topological polar surface area (TPSA) is 6.48 Å². The van der Waals surface area contributed by atoms with Crippen molar-refractivity contribution >= 4 is 11.8 Å². The Hall–Kier alpha value is 0.270. The van der Waals surface area contributed by atoms with Gasteiger partial charge in [-0.3, -0.25) is 9.80 Å². The molecule has 0 radical (unpaired) electrons. The van der Waals surface area contributed by atoms with Crippen molar-refractivity contribution in [2.24, 2.45) is 0 Å². The van der Waals surface area contributed by atoms with Crippen LogP contribution in [0.3, 0.4) is 0 Å². The van der Waals surface area contributed by atoms with Gasteiger partial charge < -0.3 is 0 Å². The highest BCUT2D eigenvalue weighted by atomic mass is 32.2. The highest BCUT2D eigenvalue weighted by Crippen LogP contribution is 2.18. The van der Waals surface area contributed by atoms with Gasteiger partial charge in [-0.1, -0.05) is 0 Å². The van der Waals surface area contributed by atoms with E-state index < -0.39 is 0 Å². The molecule has 3 heteroatoms. The van der Waals surface area contributed by atoms with E-state index in [-0.39, 0.29) is 0 Å². The van der Waals surface area contributed by atoms with Crippen LogP contribution in [0.5, 0.6) is 0 Å². The highest BCUT2D eigenvalue weighted by molar-refractivity contribution is 7.99. The predicted octanol–water partition coefficient (Wildman–Crippen LogP) is 1.00. The Balaban J connectivity index is 1.96. The van der Waals surface area contributed by atoms with Crippen molar-refractivity contribution in [3.8, 4) is 0 Å². The third-order valence-electron chi connectivity index (χ3n) is 2.15. The van der Waals surface area contributed by atoms with Crippen LogP contribution >= 0.6 is 11.8 Å². The van der Waals surface area contributed by atoms with Crippen molar-refractivity contribution in [3.05, 3.63) is 0 Å². The van der Waals surface area contributed by atoms with Crippen LogP contribution in [0.25, 0.3) is 0 Å². The zero-order valence-corrected chi connectivity index (χ0v) is 7.07. The molecule has 2 aliphatic heterocycles. The van der Waals surface area contributed by atoms with Crippen LogP contribution in [0.4, 0.5) is 0 Å². The summed E-state index contributed by atoms with van der Waals surface area (Å²) in [6.07, 6.45) is 2.80. The Labute approximate surface area is 66.6 Å². The van der Waals surface area contributed by atoms with Crippen molar-refractivity contribution in [2.45, 2.75) is 12.8 Å². The fourth-order valence-electron chi connectivity index (χ4n) is 1.60. The fraction of sp³-hybridized carbons (Fsp3) is 1.00. The first-order valence-corrected chi connectivity index (χ1v) is 5.13. The van der Waals surface area contributed by atoms with Crippen molar-refractivity contribution in [1.82, 2.24) is 9.80 Å². The van der Waals surface area contributed by atoms with E-state index in [9.17, 15) is 0 Å². The molecule has 2 unspecified atom stereocenters. The van der Waals surface area contributed by atoms with Crippen LogP contribution in [0.1, 0.15) is 12.8 Å². The Morgan fingerprint density at radius 1 is 0.900 bits per heavy atom. The van der Waals surface area contributed by atoms with Crippen molar-refractivity contribution < 1.29 is 0 Å². The molecule has 2 heterocycles. The monoisotopic (exact) mass is 158 g/mol. The van der Waals surface area contributed by atoms with Crippen LogP contribution in [0, 0.1) is 0 Å². The molecular formula is C7H14N2S. The average Bonchev–Trinajstić information content (AvgIpc) is 2.12. The second kappa shape index (κ2) is 3.11. The number of fused-ring (bicyclic) bond motifs is 2. The molecule has 2 aliphatic rings. The molecule has 0 amide bonds. The summed E-state index contributed by atoms with van der Waals surface area (Å²) >= 11 is 2.05. The minimum Gasteiger partial charge on any atom is -0.281 e. The van der Waals surface area contributed by atoms with E-state index in [0.717, 1.165) is 0 Å². The molecule has 0 aromatic carbocycles. The van der Waals surface area contributed by atoms with Gasteiger partial charge in [0, 0.05) is 24.8 Å². The van der Waals surface area contributed by atoms with Gasteiger partial charge in [0.2, 0.25) is 0 Å². The first-order chi connectivity index (χ1) is 4.95. The van der Waals surface area contributed by atoms with Gasteiger partial charge in [0.1, 0.15) is 0 Å². The maximum Gasteiger partial charge on any atom is 0.0521 e. The van der Waals surface area contributed by atoms with Gasteiger partial charge in [0.05, 0.1) is 6.67 Å². The quantitative estimate of drug-likeness (QED) is 0.519. The maximum atomic E-state index is 2.54. The lowest BCUT2D eigenvalue weighted by atomic mass is 10.3.